The molecule has 0 spiro atoms. The largest absolute Gasteiger partial charge is 0.427 e. The first-order valence-electron chi connectivity index (χ1n) is 6.15. The Balaban J connectivity index is 2.24. The van der Waals surface area contributed by atoms with Gasteiger partial charge in [-0.25, -0.2) is 4.98 Å². The Morgan fingerprint density at radius 3 is 2.70 bits per heavy atom. The summed E-state index contributed by atoms with van der Waals surface area (Å²) in [6, 6.07) is 0. The fraction of sp³-hybridized carbons (Fsp3) is 0.500. The summed E-state index contributed by atoms with van der Waals surface area (Å²) in [5.41, 5.74) is 0.386. The van der Waals surface area contributed by atoms with E-state index in [0.717, 1.165) is 23.4 Å². The van der Waals surface area contributed by atoms with Crippen molar-refractivity contribution in [2.75, 3.05) is 6.61 Å². The van der Waals surface area contributed by atoms with E-state index in [1.54, 1.807) is 0 Å². The number of halogens is 3. The Hall–Kier alpha value is -1.41. The van der Waals surface area contributed by atoms with Gasteiger partial charge in [0.25, 0.3) is 5.56 Å². The summed E-state index contributed by atoms with van der Waals surface area (Å²) >= 11 is 0.469. The fourth-order valence-corrected chi connectivity index (χ4v) is 3.01. The minimum absolute atomic E-state index is 0.0610. The van der Waals surface area contributed by atoms with Gasteiger partial charge >= 0.3 is 6.18 Å². The van der Waals surface area contributed by atoms with Crippen LogP contribution in [0.15, 0.2) is 11.0 Å². The molecule has 1 aliphatic carbocycles. The van der Waals surface area contributed by atoms with Crippen LogP contribution in [0.1, 0.15) is 34.9 Å². The standard InChI is InChI=1S/C12H11F3N2O2S/c13-12(14,15)8-5-17-10(19)7(3-4-18)9(6-1-2-6)16-11(17)20-8/h5-6,18H,1-4H2. The predicted octanol–water partition coefficient (Wildman–Crippen LogP) is 2.19. The number of aliphatic hydroxyl groups is 1. The van der Waals surface area contributed by atoms with Gasteiger partial charge in [-0.1, -0.05) is 11.3 Å². The number of alkyl halides is 3. The van der Waals surface area contributed by atoms with Gasteiger partial charge < -0.3 is 5.11 Å². The van der Waals surface area contributed by atoms with E-state index in [-0.39, 0.29) is 23.9 Å². The Bertz CT molecular complexity index is 716. The SMILES string of the molecule is O=c1c(CCO)c(C2CC2)nc2sc(C(F)(F)F)cn12. The highest BCUT2D eigenvalue weighted by Crippen LogP contribution is 2.41. The number of hydrogen-bond donors (Lipinski definition) is 1. The zero-order chi connectivity index (χ0) is 14.5. The molecule has 4 nitrogen and oxygen atoms in total. The Kier molecular flexibility index (Phi) is 3.09. The van der Waals surface area contributed by atoms with Crippen LogP contribution in [0.2, 0.25) is 0 Å². The highest BCUT2D eigenvalue weighted by molar-refractivity contribution is 7.17. The number of thiazole rings is 1. The summed E-state index contributed by atoms with van der Waals surface area (Å²) in [6.07, 6.45) is -1.80. The van der Waals surface area contributed by atoms with E-state index in [9.17, 15) is 18.0 Å². The molecule has 108 valence electrons. The van der Waals surface area contributed by atoms with Gasteiger partial charge in [0, 0.05) is 30.7 Å². The highest BCUT2D eigenvalue weighted by Gasteiger charge is 2.35. The van der Waals surface area contributed by atoms with E-state index in [2.05, 4.69) is 4.98 Å². The van der Waals surface area contributed by atoms with E-state index < -0.39 is 16.6 Å². The van der Waals surface area contributed by atoms with E-state index in [1.165, 1.54) is 0 Å². The molecule has 2 aromatic heterocycles. The van der Waals surface area contributed by atoms with Crippen molar-refractivity contribution in [2.24, 2.45) is 0 Å². The number of hydrogen-bond acceptors (Lipinski definition) is 4. The van der Waals surface area contributed by atoms with Crippen molar-refractivity contribution in [1.82, 2.24) is 9.38 Å². The molecular weight excluding hydrogens is 293 g/mol. The summed E-state index contributed by atoms with van der Waals surface area (Å²) in [5, 5.41) is 9.02. The van der Waals surface area contributed by atoms with Crippen LogP contribution in [0.3, 0.4) is 0 Å². The third-order valence-electron chi connectivity index (χ3n) is 3.26. The average molecular weight is 304 g/mol. The Morgan fingerprint density at radius 1 is 1.45 bits per heavy atom. The van der Waals surface area contributed by atoms with Gasteiger partial charge in [-0.2, -0.15) is 13.2 Å². The molecule has 0 bridgehead atoms. The minimum atomic E-state index is -4.48. The van der Waals surface area contributed by atoms with E-state index >= 15 is 0 Å². The molecule has 0 radical (unpaired) electrons. The molecular formula is C12H11F3N2O2S. The van der Waals surface area contributed by atoms with Gasteiger partial charge in [0.2, 0.25) is 0 Å². The van der Waals surface area contributed by atoms with Crippen LogP contribution in [0.25, 0.3) is 4.96 Å². The smallest absolute Gasteiger partial charge is 0.396 e. The molecule has 0 aromatic carbocycles. The van der Waals surface area contributed by atoms with Gasteiger partial charge in [0.05, 0.1) is 5.69 Å². The highest BCUT2D eigenvalue weighted by atomic mass is 32.1. The summed E-state index contributed by atoms with van der Waals surface area (Å²) in [4.78, 5) is 15.7. The second kappa shape index (κ2) is 4.56. The van der Waals surface area contributed by atoms with Crippen molar-refractivity contribution in [2.45, 2.75) is 31.4 Å². The predicted molar refractivity (Wildman–Crippen MR) is 67.1 cm³/mol. The molecule has 0 amide bonds. The maximum absolute atomic E-state index is 12.7. The fourth-order valence-electron chi connectivity index (χ4n) is 2.17. The van der Waals surface area contributed by atoms with E-state index in [4.69, 9.17) is 5.11 Å². The number of rotatable bonds is 3. The molecule has 3 rings (SSSR count). The third-order valence-corrected chi connectivity index (χ3v) is 4.29. The monoisotopic (exact) mass is 304 g/mol. The van der Waals surface area contributed by atoms with Crippen molar-refractivity contribution in [3.8, 4) is 0 Å². The zero-order valence-corrected chi connectivity index (χ0v) is 11.1. The normalized spacial score (nSPS) is 16.0. The zero-order valence-electron chi connectivity index (χ0n) is 10.3. The van der Waals surface area contributed by atoms with Gasteiger partial charge in [-0.3, -0.25) is 9.20 Å². The average Bonchev–Trinajstić information content (AvgIpc) is 3.10. The Morgan fingerprint density at radius 2 is 2.15 bits per heavy atom. The molecule has 1 fully saturated rings. The lowest BCUT2D eigenvalue weighted by Crippen LogP contribution is -2.22. The summed E-state index contributed by atoms with van der Waals surface area (Å²) < 4.78 is 39.1. The van der Waals surface area contributed by atoms with Crippen LogP contribution < -0.4 is 5.56 Å². The number of nitrogens with zero attached hydrogens (tertiary/aromatic N) is 2. The van der Waals surface area contributed by atoms with E-state index in [1.807, 2.05) is 0 Å². The topological polar surface area (TPSA) is 54.6 Å². The summed E-state index contributed by atoms with van der Waals surface area (Å²) in [6.45, 7) is -0.223. The molecule has 2 heterocycles. The maximum Gasteiger partial charge on any atom is 0.427 e. The van der Waals surface area contributed by atoms with Crippen LogP contribution >= 0.6 is 11.3 Å². The first-order valence-corrected chi connectivity index (χ1v) is 6.96. The molecule has 1 saturated carbocycles. The number of fused-ring (bicyclic) bond motifs is 1. The molecule has 0 aliphatic heterocycles. The number of aliphatic hydroxyl groups excluding tert-OH is 1. The second-order valence-electron chi connectivity index (χ2n) is 4.77. The van der Waals surface area contributed by atoms with Crippen LogP contribution in [0, 0.1) is 0 Å². The van der Waals surface area contributed by atoms with Gasteiger partial charge in [0.15, 0.2) is 4.96 Å². The molecule has 0 saturated heterocycles. The molecule has 8 heteroatoms. The van der Waals surface area contributed by atoms with Crippen LogP contribution in [0.4, 0.5) is 13.2 Å². The lowest BCUT2D eigenvalue weighted by atomic mass is 10.1. The second-order valence-corrected chi connectivity index (χ2v) is 5.78. The Labute approximate surface area is 115 Å². The molecule has 0 unspecified atom stereocenters. The van der Waals surface area contributed by atoms with Crippen LogP contribution in [-0.4, -0.2) is 21.1 Å². The minimum Gasteiger partial charge on any atom is -0.396 e. The maximum atomic E-state index is 12.7. The molecule has 0 atom stereocenters. The summed E-state index contributed by atoms with van der Waals surface area (Å²) in [5.74, 6) is 0.144. The molecule has 1 aliphatic rings. The quantitative estimate of drug-likeness (QED) is 0.945. The van der Waals surface area contributed by atoms with Crippen LogP contribution in [0.5, 0.6) is 0 Å². The van der Waals surface area contributed by atoms with Crippen molar-refractivity contribution >= 4 is 16.3 Å². The summed E-state index contributed by atoms with van der Waals surface area (Å²) in [7, 11) is 0. The van der Waals surface area contributed by atoms with E-state index in [0.29, 0.717) is 22.6 Å². The first kappa shape index (κ1) is 13.6. The van der Waals surface area contributed by atoms with Crippen molar-refractivity contribution < 1.29 is 18.3 Å². The number of aromatic nitrogens is 2. The van der Waals surface area contributed by atoms with Crippen LogP contribution in [-0.2, 0) is 12.6 Å². The molecule has 1 N–H and O–H groups in total. The molecule has 20 heavy (non-hydrogen) atoms. The lowest BCUT2D eigenvalue weighted by molar-refractivity contribution is -0.134. The molecule has 2 aromatic rings. The van der Waals surface area contributed by atoms with Crippen molar-refractivity contribution in [1.29, 1.82) is 0 Å². The first-order chi connectivity index (χ1) is 9.41. The van der Waals surface area contributed by atoms with Gasteiger partial charge in [0.1, 0.15) is 4.88 Å². The van der Waals surface area contributed by atoms with Crippen molar-refractivity contribution in [3.05, 3.63) is 32.7 Å². The van der Waals surface area contributed by atoms with Gasteiger partial charge in [-0.05, 0) is 12.8 Å². The third kappa shape index (κ3) is 2.22. The van der Waals surface area contributed by atoms with Crippen molar-refractivity contribution in [3.63, 3.8) is 0 Å². The lowest BCUT2D eigenvalue weighted by Gasteiger charge is -2.06. The van der Waals surface area contributed by atoms with Gasteiger partial charge in [-0.15, -0.1) is 0 Å².